The highest BCUT2D eigenvalue weighted by Gasteiger charge is 2.21. The van der Waals surface area contributed by atoms with Crippen LogP contribution in [-0.2, 0) is 0 Å². The van der Waals surface area contributed by atoms with Gasteiger partial charge in [-0.25, -0.2) is 9.37 Å². The number of carbonyl (C=O) groups is 1. The molecule has 1 atom stereocenters. The van der Waals surface area contributed by atoms with Crippen molar-refractivity contribution in [3.8, 4) is 24.0 Å². The number of halogens is 1. The van der Waals surface area contributed by atoms with Gasteiger partial charge >= 0.3 is 6.01 Å². The first-order valence-electron chi connectivity index (χ1n) is 8.34. The molecule has 0 bridgehead atoms. The number of nitrogens with zero attached hydrogens (tertiary/aromatic N) is 6. The first-order valence-corrected chi connectivity index (χ1v) is 8.34. The lowest BCUT2D eigenvalue weighted by atomic mass is 10.1. The maximum Gasteiger partial charge on any atom is 0.335 e. The lowest BCUT2D eigenvalue weighted by molar-refractivity contribution is 0.0937. The predicted molar refractivity (Wildman–Crippen MR) is 97.4 cm³/mol. The highest BCUT2D eigenvalue weighted by molar-refractivity contribution is 5.94. The molecule has 0 aliphatic carbocycles. The number of hydrogen-bond donors (Lipinski definition) is 1. The zero-order valence-corrected chi connectivity index (χ0v) is 15.4. The highest BCUT2D eigenvalue weighted by atomic mass is 19.1. The van der Waals surface area contributed by atoms with Gasteiger partial charge < -0.3 is 10.1 Å². The number of nitrogens with one attached hydrogen (secondary N) is 1. The summed E-state index contributed by atoms with van der Waals surface area (Å²) >= 11 is 0. The second-order valence-electron chi connectivity index (χ2n) is 5.92. The SMILES string of the molecule is COc1nc([C@H](C)NC(=O)c2cc(F)cc(C#N)c2)n(-c2ccc(C#N)cn2)n1. The van der Waals surface area contributed by atoms with Crippen LogP contribution >= 0.6 is 0 Å². The number of hydrogen-bond acceptors (Lipinski definition) is 7. The fraction of sp³-hybridized carbons (Fsp3) is 0.158. The lowest BCUT2D eigenvalue weighted by Crippen LogP contribution is -2.29. The summed E-state index contributed by atoms with van der Waals surface area (Å²) in [7, 11) is 1.40. The van der Waals surface area contributed by atoms with E-state index in [2.05, 4.69) is 20.4 Å². The summed E-state index contributed by atoms with van der Waals surface area (Å²) in [5, 5.41) is 24.7. The number of benzene rings is 1. The van der Waals surface area contributed by atoms with Crippen LogP contribution in [0.5, 0.6) is 6.01 Å². The van der Waals surface area contributed by atoms with Crippen LogP contribution in [0.1, 0.15) is 40.3 Å². The molecule has 144 valence electrons. The molecule has 3 rings (SSSR count). The minimum absolute atomic E-state index is 0.00271. The molecular formula is C19H14FN7O2. The maximum atomic E-state index is 13.6. The van der Waals surface area contributed by atoms with Gasteiger partial charge in [0.1, 0.15) is 11.9 Å². The van der Waals surface area contributed by atoms with Crippen LogP contribution in [0.4, 0.5) is 4.39 Å². The number of rotatable bonds is 5. The minimum atomic E-state index is -0.687. The van der Waals surface area contributed by atoms with E-state index in [0.29, 0.717) is 17.2 Å². The van der Waals surface area contributed by atoms with Gasteiger partial charge in [0.25, 0.3) is 5.91 Å². The van der Waals surface area contributed by atoms with Crippen LogP contribution in [0, 0.1) is 28.5 Å². The first kappa shape index (κ1) is 19.5. The van der Waals surface area contributed by atoms with E-state index in [-0.39, 0.29) is 17.1 Å². The molecule has 2 aromatic heterocycles. The van der Waals surface area contributed by atoms with E-state index < -0.39 is 17.8 Å². The van der Waals surface area contributed by atoms with E-state index >= 15 is 0 Å². The van der Waals surface area contributed by atoms with Gasteiger partial charge in [0.05, 0.1) is 30.3 Å². The topological polar surface area (TPSA) is 130 Å². The Morgan fingerprint density at radius 2 is 2.00 bits per heavy atom. The predicted octanol–water partition coefficient (Wildman–Crippen LogP) is 2.04. The number of ether oxygens (including phenoxy) is 1. The normalized spacial score (nSPS) is 11.2. The Morgan fingerprint density at radius 1 is 1.24 bits per heavy atom. The molecule has 0 aliphatic heterocycles. The smallest absolute Gasteiger partial charge is 0.335 e. The summed E-state index contributed by atoms with van der Waals surface area (Å²) < 4.78 is 20.1. The second-order valence-corrected chi connectivity index (χ2v) is 5.92. The maximum absolute atomic E-state index is 13.6. The molecular weight excluding hydrogens is 377 g/mol. The van der Waals surface area contributed by atoms with Crippen molar-refractivity contribution in [1.82, 2.24) is 25.1 Å². The van der Waals surface area contributed by atoms with Crippen LogP contribution in [0.3, 0.4) is 0 Å². The van der Waals surface area contributed by atoms with Crippen LogP contribution in [0.25, 0.3) is 5.82 Å². The molecule has 0 saturated heterocycles. The van der Waals surface area contributed by atoms with Crippen molar-refractivity contribution in [3.05, 3.63) is 64.9 Å². The molecule has 0 spiro atoms. The third kappa shape index (κ3) is 4.17. The molecule has 1 aromatic carbocycles. The zero-order valence-electron chi connectivity index (χ0n) is 15.4. The monoisotopic (exact) mass is 391 g/mol. The Bertz CT molecular complexity index is 1140. The number of pyridine rings is 1. The van der Waals surface area contributed by atoms with E-state index in [1.54, 1.807) is 25.1 Å². The van der Waals surface area contributed by atoms with Gasteiger partial charge in [-0.3, -0.25) is 4.79 Å². The molecule has 0 unspecified atom stereocenters. The Kier molecular flexibility index (Phi) is 5.47. The summed E-state index contributed by atoms with van der Waals surface area (Å²) in [4.78, 5) is 20.9. The lowest BCUT2D eigenvalue weighted by Gasteiger charge is -2.14. The summed E-state index contributed by atoms with van der Waals surface area (Å²) in [6.45, 7) is 1.66. The van der Waals surface area contributed by atoms with Crippen LogP contribution in [0.2, 0.25) is 0 Å². The quantitative estimate of drug-likeness (QED) is 0.704. The van der Waals surface area contributed by atoms with Gasteiger partial charge in [-0.05, 0) is 37.3 Å². The number of methoxy groups -OCH3 is 1. The van der Waals surface area contributed by atoms with E-state index in [0.717, 1.165) is 12.1 Å². The van der Waals surface area contributed by atoms with Crippen molar-refractivity contribution < 1.29 is 13.9 Å². The zero-order chi connectivity index (χ0) is 21.0. The summed E-state index contributed by atoms with van der Waals surface area (Å²) in [6, 6.07) is 9.69. The Balaban J connectivity index is 1.91. The van der Waals surface area contributed by atoms with Crippen molar-refractivity contribution in [1.29, 1.82) is 10.5 Å². The van der Waals surface area contributed by atoms with Gasteiger partial charge in [-0.1, -0.05) is 0 Å². The fourth-order valence-corrected chi connectivity index (χ4v) is 2.55. The molecule has 3 aromatic rings. The molecule has 29 heavy (non-hydrogen) atoms. The molecule has 0 saturated carbocycles. The molecule has 10 heteroatoms. The minimum Gasteiger partial charge on any atom is -0.466 e. The molecule has 0 radical (unpaired) electrons. The average Bonchev–Trinajstić information content (AvgIpc) is 3.18. The van der Waals surface area contributed by atoms with Crippen molar-refractivity contribution in [3.63, 3.8) is 0 Å². The van der Waals surface area contributed by atoms with Crippen molar-refractivity contribution in [2.24, 2.45) is 0 Å². The third-order valence-electron chi connectivity index (χ3n) is 3.91. The largest absolute Gasteiger partial charge is 0.466 e. The van der Waals surface area contributed by atoms with Gasteiger partial charge in [0, 0.05) is 11.8 Å². The Hall–Kier alpha value is -4.31. The van der Waals surface area contributed by atoms with Crippen molar-refractivity contribution in [2.75, 3.05) is 7.11 Å². The van der Waals surface area contributed by atoms with Gasteiger partial charge in [-0.15, -0.1) is 5.10 Å². The van der Waals surface area contributed by atoms with Gasteiger partial charge in [-0.2, -0.15) is 20.2 Å². The summed E-state index contributed by atoms with van der Waals surface area (Å²) in [5.41, 5.74) is 0.417. The highest BCUT2D eigenvalue weighted by Crippen LogP contribution is 2.19. The van der Waals surface area contributed by atoms with Gasteiger partial charge in [0.15, 0.2) is 11.6 Å². The molecule has 0 aliphatic rings. The Labute approximate surface area is 165 Å². The number of carbonyl (C=O) groups excluding carboxylic acids is 1. The van der Waals surface area contributed by atoms with E-state index in [1.807, 2.05) is 6.07 Å². The number of aromatic nitrogens is 4. The van der Waals surface area contributed by atoms with Crippen LogP contribution in [0.15, 0.2) is 36.5 Å². The summed E-state index contributed by atoms with van der Waals surface area (Å²) in [6.07, 6.45) is 1.38. The molecule has 9 nitrogen and oxygen atoms in total. The first-order chi connectivity index (χ1) is 13.9. The standard InChI is InChI=1S/C19H14FN7O2/c1-11(24-18(28)14-5-13(9-22)6-15(20)7-14)17-25-19(29-2)26-27(17)16-4-3-12(8-21)10-23-16/h3-7,10-11H,1-2H3,(H,24,28)/t11-/m0/s1. The van der Waals surface area contributed by atoms with Crippen molar-refractivity contribution >= 4 is 5.91 Å². The molecule has 0 fully saturated rings. The number of amides is 1. The Morgan fingerprint density at radius 3 is 2.62 bits per heavy atom. The molecule has 2 heterocycles. The second kappa shape index (κ2) is 8.15. The van der Waals surface area contributed by atoms with Gasteiger partial charge in [0.2, 0.25) is 0 Å². The average molecular weight is 391 g/mol. The summed E-state index contributed by atoms with van der Waals surface area (Å²) in [5.74, 6) is -0.596. The van der Waals surface area contributed by atoms with Crippen LogP contribution in [-0.4, -0.2) is 32.8 Å². The third-order valence-corrected chi connectivity index (χ3v) is 3.91. The van der Waals surface area contributed by atoms with E-state index in [4.69, 9.17) is 15.3 Å². The van der Waals surface area contributed by atoms with E-state index in [9.17, 15) is 9.18 Å². The molecule has 1 amide bonds. The van der Waals surface area contributed by atoms with E-state index in [1.165, 1.54) is 24.1 Å². The fourth-order valence-electron chi connectivity index (χ4n) is 2.55. The molecule has 1 N–H and O–H groups in total. The van der Waals surface area contributed by atoms with Crippen molar-refractivity contribution in [2.45, 2.75) is 13.0 Å². The van der Waals surface area contributed by atoms with Crippen LogP contribution < -0.4 is 10.1 Å². The number of nitriles is 2.